The maximum Gasteiger partial charge on any atom is 0.307 e. The predicted molar refractivity (Wildman–Crippen MR) is 140 cm³/mol. The number of fused-ring (bicyclic) bond motifs is 5. The summed E-state index contributed by atoms with van der Waals surface area (Å²) >= 11 is 0. The molecule has 4 fully saturated rings. The largest absolute Gasteiger partial charge is 0.462 e. The second-order valence-corrected chi connectivity index (χ2v) is 14.2. The molecular formula is C31H49NO3. The van der Waals surface area contributed by atoms with Crippen LogP contribution >= 0.6 is 0 Å². The van der Waals surface area contributed by atoms with Crippen molar-refractivity contribution in [1.29, 1.82) is 0 Å². The van der Waals surface area contributed by atoms with Gasteiger partial charge in [-0.25, -0.2) is 0 Å². The fraction of sp³-hybridized carbons (Fsp3) is 0.871. The van der Waals surface area contributed by atoms with Crippen LogP contribution in [0.1, 0.15) is 105 Å². The number of carbonyl (C=O) groups excluding carboxylic acids is 2. The molecule has 1 aliphatic heterocycles. The van der Waals surface area contributed by atoms with Gasteiger partial charge in [0.05, 0.1) is 6.42 Å². The Morgan fingerprint density at radius 3 is 2.57 bits per heavy atom. The molecule has 0 bridgehead atoms. The Bertz CT molecular complexity index is 876. The lowest BCUT2D eigenvalue weighted by Crippen LogP contribution is -2.51. The van der Waals surface area contributed by atoms with Gasteiger partial charge in [0.1, 0.15) is 11.9 Å². The second kappa shape index (κ2) is 9.30. The van der Waals surface area contributed by atoms with Crippen LogP contribution in [0.4, 0.5) is 0 Å². The fourth-order valence-corrected chi connectivity index (χ4v) is 9.63. The molecule has 0 aromatic rings. The van der Waals surface area contributed by atoms with Gasteiger partial charge in [-0.05, 0) is 105 Å². The van der Waals surface area contributed by atoms with Gasteiger partial charge in [0.15, 0.2) is 0 Å². The van der Waals surface area contributed by atoms with E-state index in [0.717, 1.165) is 63.6 Å². The number of nitrogens with zero attached hydrogens (tertiary/aromatic N) is 1. The number of esters is 1. The number of ketones is 1. The van der Waals surface area contributed by atoms with E-state index >= 15 is 0 Å². The molecule has 4 heteroatoms. The number of hydrogen-bond acceptors (Lipinski definition) is 4. The smallest absolute Gasteiger partial charge is 0.307 e. The van der Waals surface area contributed by atoms with E-state index in [-0.39, 0.29) is 28.8 Å². The van der Waals surface area contributed by atoms with Crippen LogP contribution in [-0.4, -0.2) is 42.4 Å². The summed E-state index contributed by atoms with van der Waals surface area (Å²) in [4.78, 5) is 27.6. The molecular weight excluding hydrogens is 434 g/mol. The van der Waals surface area contributed by atoms with Crippen LogP contribution in [-0.2, 0) is 14.3 Å². The van der Waals surface area contributed by atoms with E-state index in [1.165, 1.54) is 32.1 Å². The van der Waals surface area contributed by atoms with E-state index in [1.807, 2.05) is 6.92 Å². The zero-order chi connectivity index (χ0) is 25.0. The van der Waals surface area contributed by atoms with Crippen LogP contribution in [0.15, 0.2) is 11.6 Å². The molecule has 0 spiro atoms. The Hall–Kier alpha value is -1.16. The van der Waals surface area contributed by atoms with Gasteiger partial charge < -0.3 is 9.64 Å². The van der Waals surface area contributed by atoms with Crippen molar-refractivity contribution in [2.45, 2.75) is 111 Å². The van der Waals surface area contributed by atoms with Crippen LogP contribution in [0.2, 0.25) is 0 Å². The number of carbonyl (C=O) groups is 2. The first kappa shape index (κ1) is 25.5. The summed E-state index contributed by atoms with van der Waals surface area (Å²) in [5.41, 5.74) is 2.39. The molecule has 0 amide bonds. The van der Waals surface area contributed by atoms with Crippen molar-refractivity contribution >= 4 is 11.8 Å². The molecule has 0 radical (unpaired) electrons. The van der Waals surface area contributed by atoms with Gasteiger partial charge in [-0.2, -0.15) is 0 Å². The van der Waals surface area contributed by atoms with Gasteiger partial charge in [-0.3, -0.25) is 9.59 Å². The van der Waals surface area contributed by atoms with Gasteiger partial charge in [0.25, 0.3) is 0 Å². The van der Waals surface area contributed by atoms with Crippen LogP contribution in [0.5, 0.6) is 0 Å². The number of allylic oxidation sites excluding steroid dienone is 1. The van der Waals surface area contributed by atoms with Gasteiger partial charge >= 0.3 is 5.97 Å². The van der Waals surface area contributed by atoms with Crippen molar-refractivity contribution in [1.82, 2.24) is 4.90 Å². The molecule has 7 unspecified atom stereocenters. The van der Waals surface area contributed by atoms with Crippen molar-refractivity contribution in [3.05, 3.63) is 11.6 Å². The molecule has 3 saturated carbocycles. The highest BCUT2D eigenvalue weighted by Crippen LogP contribution is 2.66. The van der Waals surface area contributed by atoms with Crippen LogP contribution in [0.25, 0.3) is 0 Å². The van der Waals surface area contributed by atoms with Gasteiger partial charge in [-0.15, -0.1) is 0 Å². The number of piperidine rings is 1. The maximum absolute atomic E-state index is 12.7. The third-order valence-corrected chi connectivity index (χ3v) is 11.5. The van der Waals surface area contributed by atoms with E-state index in [0.29, 0.717) is 23.5 Å². The number of ether oxygens (including phenoxy) is 1. The third kappa shape index (κ3) is 4.66. The average Bonchev–Trinajstić information content (AvgIpc) is 3.15. The Labute approximate surface area is 213 Å². The molecule has 4 nitrogen and oxygen atoms in total. The summed E-state index contributed by atoms with van der Waals surface area (Å²) in [6.45, 7) is 14.5. The topological polar surface area (TPSA) is 46.6 Å². The summed E-state index contributed by atoms with van der Waals surface area (Å²) in [6.07, 6.45) is 14.6. The Kier molecular flexibility index (Phi) is 6.77. The summed E-state index contributed by atoms with van der Waals surface area (Å²) < 4.78 is 6.05. The lowest BCUT2D eigenvalue weighted by Gasteiger charge is -2.58. The summed E-state index contributed by atoms with van der Waals surface area (Å²) in [5.74, 6) is 2.83. The molecule has 1 saturated heterocycles. The number of hydrogen-bond donors (Lipinski definition) is 0. The molecule has 0 aromatic carbocycles. The van der Waals surface area contributed by atoms with Crippen molar-refractivity contribution < 1.29 is 14.3 Å². The first-order valence-corrected chi connectivity index (χ1v) is 14.6. The molecule has 4 aliphatic carbocycles. The molecule has 0 aromatic heterocycles. The minimum Gasteiger partial charge on any atom is -0.462 e. The summed E-state index contributed by atoms with van der Waals surface area (Å²) in [7, 11) is 0. The Morgan fingerprint density at radius 2 is 1.83 bits per heavy atom. The summed E-state index contributed by atoms with van der Waals surface area (Å²) in [5, 5.41) is 0. The zero-order valence-electron chi connectivity index (χ0n) is 23.0. The Morgan fingerprint density at radius 1 is 1.03 bits per heavy atom. The SMILES string of the molecule is CC(=O)C1CCC2C3CC=C4CC(OC(=O)CCN5CCCC(C)(C)C5)CCC4(C)C3CCC12C. The molecule has 5 rings (SSSR count). The highest BCUT2D eigenvalue weighted by molar-refractivity contribution is 5.79. The van der Waals surface area contributed by atoms with Crippen LogP contribution < -0.4 is 0 Å². The number of Topliss-reactive ketones (excluding diaryl/α,β-unsaturated/α-hetero) is 1. The predicted octanol–water partition coefficient (Wildman–Crippen LogP) is 6.58. The van der Waals surface area contributed by atoms with Gasteiger partial charge in [0, 0.05) is 25.4 Å². The van der Waals surface area contributed by atoms with E-state index in [1.54, 1.807) is 5.57 Å². The molecule has 1 heterocycles. The number of rotatable bonds is 5. The highest BCUT2D eigenvalue weighted by Gasteiger charge is 2.59. The van der Waals surface area contributed by atoms with Gasteiger partial charge in [-0.1, -0.05) is 39.3 Å². The van der Waals surface area contributed by atoms with Crippen molar-refractivity contribution in [2.75, 3.05) is 19.6 Å². The average molecular weight is 484 g/mol. The van der Waals surface area contributed by atoms with Crippen molar-refractivity contribution in [3.63, 3.8) is 0 Å². The minimum absolute atomic E-state index is 0.00840. The lowest BCUT2D eigenvalue weighted by molar-refractivity contribution is -0.152. The fourth-order valence-electron chi connectivity index (χ4n) is 9.63. The molecule has 35 heavy (non-hydrogen) atoms. The number of likely N-dealkylation sites (tertiary alicyclic amines) is 1. The third-order valence-electron chi connectivity index (χ3n) is 11.5. The molecule has 0 N–H and O–H groups in total. The summed E-state index contributed by atoms with van der Waals surface area (Å²) in [6, 6.07) is 0. The maximum atomic E-state index is 12.7. The van der Waals surface area contributed by atoms with Crippen LogP contribution in [0.3, 0.4) is 0 Å². The monoisotopic (exact) mass is 483 g/mol. The van der Waals surface area contributed by atoms with E-state index in [4.69, 9.17) is 4.74 Å². The van der Waals surface area contributed by atoms with E-state index < -0.39 is 0 Å². The second-order valence-electron chi connectivity index (χ2n) is 14.2. The van der Waals surface area contributed by atoms with E-state index in [2.05, 4.69) is 38.7 Å². The van der Waals surface area contributed by atoms with Gasteiger partial charge in [0.2, 0.25) is 0 Å². The standard InChI is InChI=1S/C31H49NO3/c1-21(33)25-9-10-26-24-8-7-22-19-23(11-15-30(22,4)27(24)12-16-31(25,26)5)35-28(34)13-18-32-17-6-14-29(2,3)20-32/h7,23-27H,6,8-20H2,1-5H3. The first-order valence-electron chi connectivity index (χ1n) is 14.6. The zero-order valence-corrected chi connectivity index (χ0v) is 23.0. The van der Waals surface area contributed by atoms with Crippen molar-refractivity contribution in [3.8, 4) is 0 Å². The molecule has 5 aliphatic rings. The quantitative estimate of drug-likeness (QED) is 0.327. The Balaban J connectivity index is 1.19. The molecule has 7 atom stereocenters. The first-order chi connectivity index (χ1) is 16.5. The van der Waals surface area contributed by atoms with Crippen LogP contribution in [0, 0.1) is 39.9 Å². The van der Waals surface area contributed by atoms with E-state index in [9.17, 15) is 9.59 Å². The highest BCUT2D eigenvalue weighted by atomic mass is 16.5. The lowest BCUT2D eigenvalue weighted by atomic mass is 9.47. The molecule has 196 valence electrons. The normalized spacial score (nSPS) is 42.9. The minimum atomic E-state index is -0.00840. The van der Waals surface area contributed by atoms with Crippen molar-refractivity contribution in [2.24, 2.45) is 39.9 Å².